The lowest BCUT2D eigenvalue weighted by atomic mass is 10.0. The van der Waals surface area contributed by atoms with Crippen LogP contribution in [0.25, 0.3) is 0 Å². The highest BCUT2D eigenvalue weighted by atomic mass is 15.2. The number of nitriles is 1. The van der Waals surface area contributed by atoms with Crippen molar-refractivity contribution in [3.05, 3.63) is 23.0 Å². The number of hydrogen-bond acceptors (Lipinski definition) is 4. The molecule has 0 saturated carbocycles. The van der Waals surface area contributed by atoms with Crippen LogP contribution < -0.4 is 10.2 Å². The highest BCUT2D eigenvalue weighted by Crippen LogP contribution is 2.33. The first kappa shape index (κ1) is 11.5. The Balaban J connectivity index is 1.95. The van der Waals surface area contributed by atoms with Gasteiger partial charge >= 0.3 is 0 Å². The van der Waals surface area contributed by atoms with Gasteiger partial charge in [0.15, 0.2) is 0 Å². The Morgan fingerprint density at radius 1 is 1.33 bits per heavy atom. The summed E-state index contributed by atoms with van der Waals surface area (Å²) >= 11 is 0. The van der Waals surface area contributed by atoms with Gasteiger partial charge in [-0.3, -0.25) is 4.98 Å². The first-order valence-corrected chi connectivity index (χ1v) is 6.53. The fourth-order valence-corrected chi connectivity index (χ4v) is 3.25. The van der Waals surface area contributed by atoms with E-state index in [1.807, 2.05) is 13.8 Å². The summed E-state index contributed by atoms with van der Waals surface area (Å²) in [5.41, 5.74) is 3.67. The number of aromatic nitrogens is 1. The zero-order valence-corrected chi connectivity index (χ0v) is 10.9. The first-order valence-electron chi connectivity index (χ1n) is 6.53. The van der Waals surface area contributed by atoms with Crippen LogP contribution in [0.3, 0.4) is 0 Å². The van der Waals surface area contributed by atoms with E-state index >= 15 is 0 Å². The van der Waals surface area contributed by atoms with Crippen LogP contribution in [0.5, 0.6) is 0 Å². The molecule has 0 amide bonds. The summed E-state index contributed by atoms with van der Waals surface area (Å²) in [6.07, 6.45) is 0. The van der Waals surface area contributed by atoms with Gasteiger partial charge < -0.3 is 10.2 Å². The first-order chi connectivity index (χ1) is 8.69. The highest BCUT2D eigenvalue weighted by molar-refractivity contribution is 5.62. The van der Waals surface area contributed by atoms with Gasteiger partial charge in [-0.05, 0) is 31.7 Å². The monoisotopic (exact) mass is 242 g/mol. The van der Waals surface area contributed by atoms with E-state index in [2.05, 4.69) is 27.3 Å². The van der Waals surface area contributed by atoms with E-state index in [0.29, 0.717) is 0 Å². The van der Waals surface area contributed by atoms with Gasteiger partial charge in [0, 0.05) is 31.9 Å². The summed E-state index contributed by atoms with van der Waals surface area (Å²) in [5.74, 6) is 1.48. The summed E-state index contributed by atoms with van der Waals surface area (Å²) in [4.78, 5) is 6.76. The molecule has 94 valence electrons. The average Bonchev–Trinajstić information content (AvgIpc) is 2.87. The van der Waals surface area contributed by atoms with Crippen molar-refractivity contribution in [1.29, 1.82) is 5.26 Å². The summed E-state index contributed by atoms with van der Waals surface area (Å²) in [7, 11) is 0. The number of nitrogens with one attached hydrogen (secondary N) is 1. The number of nitrogens with zero attached hydrogens (tertiary/aromatic N) is 3. The van der Waals surface area contributed by atoms with Crippen LogP contribution in [0.1, 0.15) is 17.0 Å². The minimum Gasteiger partial charge on any atom is -0.370 e. The van der Waals surface area contributed by atoms with E-state index in [4.69, 9.17) is 0 Å². The van der Waals surface area contributed by atoms with E-state index < -0.39 is 0 Å². The molecule has 0 unspecified atom stereocenters. The van der Waals surface area contributed by atoms with Crippen molar-refractivity contribution in [1.82, 2.24) is 10.3 Å². The Morgan fingerprint density at radius 2 is 2.00 bits per heavy atom. The summed E-state index contributed by atoms with van der Waals surface area (Å²) in [5, 5.41) is 12.8. The number of anilines is 1. The lowest BCUT2D eigenvalue weighted by Crippen LogP contribution is -2.26. The van der Waals surface area contributed by atoms with Gasteiger partial charge in [-0.25, -0.2) is 0 Å². The van der Waals surface area contributed by atoms with E-state index in [9.17, 15) is 5.26 Å². The number of aryl methyl sites for hydroxylation is 2. The standard InChI is InChI=1S/C14H18N4/c1-9-3-14(13(4-15)10(2)17-9)18-7-11-5-16-6-12(11)8-18/h3,11-12,16H,5-8H2,1-2H3/t11-,12+. The lowest BCUT2D eigenvalue weighted by Gasteiger charge is -2.22. The molecule has 4 heteroatoms. The predicted octanol–water partition coefficient (Wildman–Crippen LogP) is 1.23. The van der Waals surface area contributed by atoms with Crippen molar-refractivity contribution in [2.24, 2.45) is 11.8 Å². The van der Waals surface area contributed by atoms with Crippen LogP contribution in [0, 0.1) is 37.0 Å². The van der Waals surface area contributed by atoms with Crippen LogP contribution >= 0.6 is 0 Å². The fraction of sp³-hybridized carbons (Fsp3) is 0.571. The molecule has 1 N–H and O–H groups in total. The van der Waals surface area contributed by atoms with Gasteiger partial charge in [-0.2, -0.15) is 5.26 Å². The minimum atomic E-state index is 0.741. The van der Waals surface area contributed by atoms with Crippen LogP contribution in [0.4, 0.5) is 5.69 Å². The number of rotatable bonds is 1. The van der Waals surface area contributed by atoms with Crippen LogP contribution in [0.15, 0.2) is 6.07 Å². The van der Waals surface area contributed by atoms with Gasteiger partial charge in [0.2, 0.25) is 0 Å². The van der Waals surface area contributed by atoms with E-state index in [0.717, 1.165) is 60.7 Å². The molecule has 0 bridgehead atoms. The third-order valence-corrected chi connectivity index (χ3v) is 4.15. The molecule has 3 heterocycles. The third-order valence-electron chi connectivity index (χ3n) is 4.15. The van der Waals surface area contributed by atoms with Gasteiger partial charge in [0.25, 0.3) is 0 Å². The van der Waals surface area contributed by atoms with Crippen molar-refractivity contribution in [2.45, 2.75) is 13.8 Å². The largest absolute Gasteiger partial charge is 0.370 e. The number of pyridine rings is 1. The molecular formula is C14H18N4. The van der Waals surface area contributed by atoms with Gasteiger partial charge in [0.1, 0.15) is 6.07 Å². The zero-order chi connectivity index (χ0) is 12.7. The molecule has 2 aliphatic heterocycles. The third kappa shape index (κ3) is 1.75. The highest BCUT2D eigenvalue weighted by Gasteiger charge is 2.37. The normalized spacial score (nSPS) is 26.2. The molecular weight excluding hydrogens is 224 g/mol. The van der Waals surface area contributed by atoms with Gasteiger partial charge in [-0.1, -0.05) is 0 Å². The Morgan fingerprint density at radius 3 is 2.61 bits per heavy atom. The molecule has 0 aromatic carbocycles. The van der Waals surface area contributed by atoms with Crippen LogP contribution in [-0.4, -0.2) is 31.2 Å². The smallest absolute Gasteiger partial charge is 0.103 e. The Labute approximate surface area is 108 Å². The second-order valence-electron chi connectivity index (χ2n) is 5.44. The second kappa shape index (κ2) is 4.25. The Bertz CT molecular complexity index is 505. The van der Waals surface area contributed by atoms with Crippen molar-refractivity contribution in [2.75, 3.05) is 31.1 Å². The molecule has 0 aliphatic carbocycles. The van der Waals surface area contributed by atoms with Crippen LogP contribution in [-0.2, 0) is 0 Å². The minimum absolute atomic E-state index is 0.741. The topological polar surface area (TPSA) is 52.0 Å². The molecule has 18 heavy (non-hydrogen) atoms. The van der Waals surface area contributed by atoms with Gasteiger partial charge in [-0.15, -0.1) is 0 Å². The molecule has 1 aromatic heterocycles. The maximum absolute atomic E-state index is 9.32. The van der Waals surface area contributed by atoms with Gasteiger partial charge in [0.05, 0.1) is 16.9 Å². The molecule has 0 radical (unpaired) electrons. The van der Waals surface area contributed by atoms with Crippen LogP contribution in [0.2, 0.25) is 0 Å². The Hall–Kier alpha value is -1.60. The van der Waals surface area contributed by atoms with E-state index in [1.165, 1.54) is 0 Å². The number of fused-ring (bicyclic) bond motifs is 1. The van der Waals surface area contributed by atoms with E-state index in [1.54, 1.807) is 0 Å². The molecule has 2 atom stereocenters. The maximum atomic E-state index is 9.32. The predicted molar refractivity (Wildman–Crippen MR) is 70.5 cm³/mol. The fourth-order valence-electron chi connectivity index (χ4n) is 3.25. The molecule has 4 nitrogen and oxygen atoms in total. The molecule has 2 aliphatic rings. The molecule has 2 saturated heterocycles. The maximum Gasteiger partial charge on any atom is 0.103 e. The quantitative estimate of drug-likeness (QED) is 0.804. The molecule has 1 aromatic rings. The SMILES string of the molecule is Cc1cc(N2C[C@H]3CNC[C@H]3C2)c(C#N)c(C)n1. The lowest BCUT2D eigenvalue weighted by molar-refractivity contribution is 0.533. The van der Waals surface area contributed by atoms with Crippen molar-refractivity contribution >= 4 is 5.69 Å². The van der Waals surface area contributed by atoms with Crippen molar-refractivity contribution in [3.63, 3.8) is 0 Å². The second-order valence-corrected chi connectivity index (χ2v) is 5.44. The molecule has 2 fully saturated rings. The average molecular weight is 242 g/mol. The number of hydrogen-bond donors (Lipinski definition) is 1. The summed E-state index contributed by atoms with van der Waals surface area (Å²) < 4.78 is 0. The Kier molecular flexibility index (Phi) is 2.71. The molecule has 3 rings (SSSR count). The summed E-state index contributed by atoms with van der Waals surface area (Å²) in [6, 6.07) is 4.37. The van der Waals surface area contributed by atoms with Crippen molar-refractivity contribution in [3.8, 4) is 6.07 Å². The van der Waals surface area contributed by atoms with Crippen molar-refractivity contribution < 1.29 is 0 Å². The summed E-state index contributed by atoms with van der Waals surface area (Å²) in [6.45, 7) is 8.28. The van der Waals surface area contributed by atoms with E-state index in [-0.39, 0.29) is 0 Å². The zero-order valence-electron chi connectivity index (χ0n) is 10.9. The molecule has 0 spiro atoms.